The molecule has 2 aromatic heterocycles. The minimum Gasteiger partial charge on any atom is -0.464 e. The van der Waals surface area contributed by atoms with Gasteiger partial charge < -0.3 is 9.30 Å². The van der Waals surface area contributed by atoms with E-state index in [1.807, 2.05) is 23.6 Å². The van der Waals surface area contributed by atoms with Crippen LogP contribution in [-0.4, -0.2) is 22.6 Å². The number of aryl methyl sites for hydroxylation is 1. The Morgan fingerprint density at radius 3 is 2.83 bits per heavy atom. The Morgan fingerprint density at radius 1 is 1.35 bits per heavy atom. The van der Waals surface area contributed by atoms with Gasteiger partial charge in [-0.1, -0.05) is 19.1 Å². The van der Waals surface area contributed by atoms with Crippen LogP contribution < -0.4 is 5.43 Å². The van der Waals surface area contributed by atoms with Gasteiger partial charge in [0.05, 0.1) is 29.9 Å². The van der Waals surface area contributed by atoms with Crippen molar-refractivity contribution in [2.24, 2.45) is 0 Å². The van der Waals surface area contributed by atoms with E-state index in [1.165, 1.54) is 13.2 Å². The molecule has 0 fully saturated rings. The number of para-hydroxylation sites is 1. The molecule has 0 radical (unpaired) electrons. The minimum absolute atomic E-state index is 0.190. The molecule has 0 aliphatic carbocycles. The SMILES string of the molecule is CCc1nc(Cn2c(C(=O)OC)cc(=O)c3ccccc32)cs1. The van der Waals surface area contributed by atoms with Crippen LogP contribution >= 0.6 is 11.3 Å². The molecular formula is C17H16N2O3S. The standard InChI is InChI=1S/C17H16N2O3S/c1-3-16-18-11(10-23-16)9-19-13-7-5-4-6-12(13)15(20)8-14(19)17(21)22-2/h4-8,10H,3,9H2,1-2H3. The maximum atomic E-state index is 12.2. The molecule has 3 aromatic rings. The molecule has 3 rings (SSSR count). The molecule has 0 amide bonds. The number of pyridine rings is 1. The van der Waals surface area contributed by atoms with Crippen LogP contribution in [-0.2, 0) is 17.7 Å². The van der Waals surface area contributed by atoms with E-state index in [2.05, 4.69) is 11.9 Å². The molecule has 118 valence electrons. The van der Waals surface area contributed by atoms with Gasteiger partial charge >= 0.3 is 5.97 Å². The fourth-order valence-electron chi connectivity index (χ4n) is 2.52. The highest BCUT2D eigenvalue weighted by Crippen LogP contribution is 2.18. The number of nitrogens with zero attached hydrogens (tertiary/aromatic N) is 2. The zero-order chi connectivity index (χ0) is 16.4. The number of hydrogen-bond donors (Lipinski definition) is 0. The number of thiazole rings is 1. The molecule has 2 heterocycles. The topological polar surface area (TPSA) is 61.2 Å². The van der Waals surface area contributed by atoms with Gasteiger partial charge in [0.25, 0.3) is 0 Å². The summed E-state index contributed by atoms with van der Waals surface area (Å²) in [6, 6.07) is 8.58. The predicted molar refractivity (Wildman–Crippen MR) is 90.1 cm³/mol. The van der Waals surface area contributed by atoms with Gasteiger partial charge in [0.1, 0.15) is 5.69 Å². The molecule has 23 heavy (non-hydrogen) atoms. The average molecular weight is 328 g/mol. The number of methoxy groups -OCH3 is 1. The van der Waals surface area contributed by atoms with E-state index in [9.17, 15) is 9.59 Å². The normalized spacial score (nSPS) is 10.9. The number of benzene rings is 1. The number of carbonyl (C=O) groups is 1. The van der Waals surface area contributed by atoms with E-state index in [0.29, 0.717) is 17.4 Å². The first-order valence-corrected chi connectivity index (χ1v) is 8.16. The van der Waals surface area contributed by atoms with Crippen LogP contribution in [0, 0.1) is 0 Å². The first kappa shape index (κ1) is 15.4. The van der Waals surface area contributed by atoms with Crippen LogP contribution in [0.15, 0.2) is 40.5 Å². The summed E-state index contributed by atoms with van der Waals surface area (Å²) in [4.78, 5) is 28.9. The molecular weight excluding hydrogens is 312 g/mol. The summed E-state index contributed by atoms with van der Waals surface area (Å²) in [5.41, 5.74) is 1.62. The maximum Gasteiger partial charge on any atom is 0.354 e. The third-order valence-electron chi connectivity index (χ3n) is 3.64. The molecule has 0 bridgehead atoms. The van der Waals surface area contributed by atoms with Crippen molar-refractivity contribution < 1.29 is 9.53 Å². The van der Waals surface area contributed by atoms with Crippen LogP contribution in [0.1, 0.15) is 28.1 Å². The van der Waals surface area contributed by atoms with E-state index in [4.69, 9.17) is 4.74 Å². The number of carbonyl (C=O) groups excluding carboxylic acids is 1. The summed E-state index contributed by atoms with van der Waals surface area (Å²) in [5.74, 6) is -0.529. The summed E-state index contributed by atoms with van der Waals surface area (Å²) in [5, 5.41) is 3.60. The fraction of sp³-hybridized carbons (Fsp3) is 0.235. The Labute approximate surface area is 137 Å². The lowest BCUT2D eigenvalue weighted by molar-refractivity contribution is 0.0588. The summed E-state index contributed by atoms with van der Waals surface area (Å²) in [6.45, 7) is 2.47. The number of hydrogen-bond acceptors (Lipinski definition) is 5. The van der Waals surface area contributed by atoms with Crippen LogP contribution in [0.3, 0.4) is 0 Å². The molecule has 0 N–H and O–H groups in total. The lowest BCUT2D eigenvalue weighted by Gasteiger charge is -2.14. The average Bonchev–Trinajstić information content (AvgIpc) is 3.04. The van der Waals surface area contributed by atoms with Gasteiger partial charge in [-0.3, -0.25) is 4.79 Å². The Bertz CT molecular complexity index is 927. The third kappa shape index (κ3) is 2.90. The van der Waals surface area contributed by atoms with E-state index in [0.717, 1.165) is 17.1 Å². The molecule has 0 aliphatic heterocycles. The van der Waals surface area contributed by atoms with Crippen molar-refractivity contribution >= 4 is 28.2 Å². The molecule has 5 nitrogen and oxygen atoms in total. The Hall–Kier alpha value is -2.47. The monoisotopic (exact) mass is 328 g/mol. The smallest absolute Gasteiger partial charge is 0.354 e. The summed E-state index contributed by atoms with van der Waals surface area (Å²) in [7, 11) is 1.31. The Morgan fingerprint density at radius 2 is 2.13 bits per heavy atom. The van der Waals surface area contributed by atoms with E-state index < -0.39 is 5.97 Å². The fourth-order valence-corrected chi connectivity index (χ4v) is 3.25. The number of fused-ring (bicyclic) bond motifs is 1. The second kappa shape index (κ2) is 6.34. The van der Waals surface area contributed by atoms with E-state index in [1.54, 1.807) is 22.0 Å². The van der Waals surface area contributed by atoms with Gasteiger partial charge in [-0.05, 0) is 18.6 Å². The van der Waals surface area contributed by atoms with Gasteiger partial charge in [-0.2, -0.15) is 0 Å². The van der Waals surface area contributed by atoms with Crippen molar-refractivity contribution in [1.82, 2.24) is 9.55 Å². The first-order chi connectivity index (χ1) is 11.1. The largest absolute Gasteiger partial charge is 0.464 e. The molecule has 0 saturated carbocycles. The molecule has 0 aliphatic rings. The Balaban J connectivity index is 2.21. The highest BCUT2D eigenvalue weighted by atomic mass is 32.1. The van der Waals surface area contributed by atoms with Crippen LogP contribution in [0.2, 0.25) is 0 Å². The van der Waals surface area contributed by atoms with Crippen LogP contribution in [0.25, 0.3) is 10.9 Å². The molecule has 0 unspecified atom stereocenters. The summed E-state index contributed by atoms with van der Waals surface area (Å²) in [6.07, 6.45) is 0.874. The highest BCUT2D eigenvalue weighted by molar-refractivity contribution is 7.09. The van der Waals surface area contributed by atoms with Gasteiger partial charge in [-0.15, -0.1) is 11.3 Å². The lowest BCUT2D eigenvalue weighted by Crippen LogP contribution is -2.20. The van der Waals surface area contributed by atoms with Gasteiger partial charge in [0.15, 0.2) is 5.43 Å². The van der Waals surface area contributed by atoms with Crippen molar-refractivity contribution in [2.45, 2.75) is 19.9 Å². The third-order valence-corrected chi connectivity index (χ3v) is 4.68. The number of aromatic nitrogens is 2. The molecule has 0 saturated heterocycles. The van der Waals surface area contributed by atoms with E-state index in [-0.39, 0.29) is 11.1 Å². The molecule has 1 aromatic carbocycles. The van der Waals surface area contributed by atoms with Crippen LogP contribution in [0.4, 0.5) is 0 Å². The predicted octanol–water partition coefficient (Wildman–Crippen LogP) is 2.86. The zero-order valence-corrected chi connectivity index (χ0v) is 13.7. The van der Waals surface area contributed by atoms with Crippen molar-refractivity contribution in [3.8, 4) is 0 Å². The summed E-state index contributed by atoms with van der Waals surface area (Å²) < 4.78 is 6.62. The first-order valence-electron chi connectivity index (χ1n) is 7.28. The molecule has 6 heteroatoms. The summed E-state index contributed by atoms with van der Waals surface area (Å²) >= 11 is 1.59. The van der Waals surface area contributed by atoms with Gasteiger partial charge in [0.2, 0.25) is 0 Å². The van der Waals surface area contributed by atoms with Crippen LogP contribution in [0.5, 0.6) is 0 Å². The Kier molecular flexibility index (Phi) is 4.25. The number of ether oxygens (including phenoxy) is 1. The highest BCUT2D eigenvalue weighted by Gasteiger charge is 2.16. The van der Waals surface area contributed by atoms with Crippen molar-refractivity contribution in [3.63, 3.8) is 0 Å². The zero-order valence-electron chi connectivity index (χ0n) is 12.9. The number of rotatable bonds is 4. The lowest BCUT2D eigenvalue weighted by atomic mass is 10.1. The van der Waals surface area contributed by atoms with Gasteiger partial charge in [0, 0.05) is 16.8 Å². The van der Waals surface area contributed by atoms with E-state index >= 15 is 0 Å². The minimum atomic E-state index is -0.529. The second-order valence-corrected chi connectivity index (χ2v) is 6.02. The van der Waals surface area contributed by atoms with Crippen molar-refractivity contribution in [2.75, 3.05) is 7.11 Å². The quantitative estimate of drug-likeness (QED) is 0.691. The number of esters is 1. The van der Waals surface area contributed by atoms with Gasteiger partial charge in [-0.25, -0.2) is 9.78 Å². The molecule has 0 spiro atoms. The maximum absolute atomic E-state index is 12.2. The van der Waals surface area contributed by atoms with Crippen molar-refractivity contribution in [1.29, 1.82) is 0 Å². The van der Waals surface area contributed by atoms with Crippen molar-refractivity contribution in [3.05, 3.63) is 62.3 Å². The molecule has 0 atom stereocenters. The second-order valence-electron chi connectivity index (χ2n) is 5.07.